The summed E-state index contributed by atoms with van der Waals surface area (Å²) in [6, 6.07) is 11.5. The van der Waals surface area contributed by atoms with Gasteiger partial charge in [0.1, 0.15) is 10.6 Å². The summed E-state index contributed by atoms with van der Waals surface area (Å²) in [5.74, 6) is 2.80. The van der Waals surface area contributed by atoms with Crippen LogP contribution >= 0.6 is 11.3 Å². The molecule has 0 spiro atoms. The Bertz CT molecular complexity index is 1150. The van der Waals surface area contributed by atoms with Crippen LogP contribution in [0.25, 0.3) is 21.3 Å². The Balaban J connectivity index is 1.26. The first-order chi connectivity index (χ1) is 17.7. The van der Waals surface area contributed by atoms with E-state index in [0.717, 1.165) is 67.8 Å². The van der Waals surface area contributed by atoms with Gasteiger partial charge in [0.05, 0.1) is 5.39 Å². The van der Waals surface area contributed by atoms with Crippen molar-refractivity contribution in [2.24, 2.45) is 5.92 Å². The SMILES string of the molecule is CN1CCC(N(C)CC2CCN(c3nc(N4CCNCC4)nc4scc(-c5ccccc5)c34)CC2)C1. The van der Waals surface area contributed by atoms with Crippen molar-refractivity contribution in [2.45, 2.75) is 25.3 Å². The first-order valence-electron chi connectivity index (χ1n) is 13.6. The maximum atomic E-state index is 5.27. The molecule has 3 aromatic rings. The number of likely N-dealkylation sites (tertiary alicyclic amines) is 1. The van der Waals surface area contributed by atoms with E-state index in [2.05, 4.69) is 74.7 Å². The molecule has 1 atom stereocenters. The Morgan fingerprint density at radius 2 is 1.75 bits per heavy atom. The Kier molecular flexibility index (Phi) is 7.11. The number of anilines is 2. The molecular weight excluding hydrogens is 466 g/mol. The molecule has 3 aliphatic rings. The molecule has 1 aromatic carbocycles. The molecule has 0 bridgehead atoms. The number of thiophene rings is 1. The molecule has 3 saturated heterocycles. The standard InChI is InChI=1S/C28H39N7S/c1-32-13-10-23(19-32)33(2)18-21-8-14-34(15-9-21)26-25-24(22-6-4-3-5-7-22)20-36-27(25)31-28(30-26)35-16-11-29-12-17-35/h3-7,20-21,23,29H,8-19H2,1-2H3. The Morgan fingerprint density at radius 1 is 0.972 bits per heavy atom. The zero-order valence-corrected chi connectivity index (χ0v) is 22.5. The Morgan fingerprint density at radius 3 is 2.47 bits per heavy atom. The smallest absolute Gasteiger partial charge is 0.228 e. The van der Waals surface area contributed by atoms with E-state index >= 15 is 0 Å². The highest BCUT2D eigenvalue weighted by Gasteiger charge is 2.29. The van der Waals surface area contributed by atoms with Crippen LogP contribution in [0.15, 0.2) is 35.7 Å². The highest BCUT2D eigenvalue weighted by Crippen LogP contribution is 2.40. The molecule has 3 fully saturated rings. The molecule has 0 saturated carbocycles. The van der Waals surface area contributed by atoms with Gasteiger partial charge < -0.3 is 24.9 Å². The number of rotatable bonds is 6. The summed E-state index contributed by atoms with van der Waals surface area (Å²) in [5.41, 5.74) is 2.52. The largest absolute Gasteiger partial charge is 0.356 e. The van der Waals surface area contributed by atoms with Gasteiger partial charge >= 0.3 is 0 Å². The molecule has 7 nitrogen and oxygen atoms in total. The second-order valence-electron chi connectivity index (χ2n) is 10.9. The number of hydrogen-bond donors (Lipinski definition) is 1. The second-order valence-corrected chi connectivity index (χ2v) is 11.7. The lowest BCUT2D eigenvalue weighted by molar-refractivity contribution is 0.192. The van der Waals surface area contributed by atoms with Gasteiger partial charge in [-0.05, 0) is 51.4 Å². The quantitative estimate of drug-likeness (QED) is 0.549. The van der Waals surface area contributed by atoms with Crippen molar-refractivity contribution in [2.75, 3.05) is 82.8 Å². The molecule has 5 heterocycles. The van der Waals surface area contributed by atoms with Crippen molar-refractivity contribution < 1.29 is 0 Å². The fraction of sp³-hybridized carbons (Fsp3) is 0.571. The van der Waals surface area contributed by atoms with Gasteiger partial charge in [-0.3, -0.25) is 0 Å². The number of benzene rings is 1. The average Bonchev–Trinajstić information content (AvgIpc) is 3.56. The zero-order valence-electron chi connectivity index (χ0n) is 21.7. The lowest BCUT2D eigenvalue weighted by atomic mass is 9.95. The Labute approximate surface area is 219 Å². The van der Waals surface area contributed by atoms with E-state index in [0.29, 0.717) is 0 Å². The molecule has 1 N–H and O–H groups in total. The topological polar surface area (TPSA) is 50.8 Å². The molecule has 6 rings (SSSR count). The van der Waals surface area contributed by atoms with Crippen molar-refractivity contribution >= 4 is 33.3 Å². The van der Waals surface area contributed by atoms with Crippen LogP contribution in [0.1, 0.15) is 19.3 Å². The number of fused-ring (bicyclic) bond motifs is 1. The van der Waals surface area contributed by atoms with Gasteiger partial charge in [-0.2, -0.15) is 4.98 Å². The molecule has 8 heteroatoms. The number of likely N-dealkylation sites (N-methyl/N-ethyl adjacent to an activating group) is 2. The summed E-state index contributed by atoms with van der Waals surface area (Å²) >= 11 is 1.76. The number of piperidine rings is 1. The number of nitrogens with one attached hydrogen (secondary N) is 1. The number of piperazine rings is 1. The van der Waals surface area contributed by atoms with Gasteiger partial charge in [0, 0.05) is 69.3 Å². The van der Waals surface area contributed by atoms with Gasteiger partial charge in [-0.25, -0.2) is 4.98 Å². The minimum absolute atomic E-state index is 0.718. The predicted octanol–water partition coefficient (Wildman–Crippen LogP) is 3.62. The van der Waals surface area contributed by atoms with E-state index in [-0.39, 0.29) is 0 Å². The van der Waals surface area contributed by atoms with Gasteiger partial charge in [0.25, 0.3) is 0 Å². The lowest BCUT2D eigenvalue weighted by Crippen LogP contribution is -2.44. The summed E-state index contributed by atoms with van der Waals surface area (Å²) in [7, 11) is 4.58. The van der Waals surface area contributed by atoms with Gasteiger partial charge in [0.2, 0.25) is 5.95 Å². The zero-order chi connectivity index (χ0) is 24.5. The van der Waals surface area contributed by atoms with E-state index in [1.54, 1.807) is 11.3 Å². The summed E-state index contributed by atoms with van der Waals surface area (Å²) in [5, 5.41) is 6.97. The van der Waals surface area contributed by atoms with Crippen LogP contribution in [-0.4, -0.2) is 98.8 Å². The lowest BCUT2D eigenvalue weighted by Gasteiger charge is -2.37. The molecule has 0 amide bonds. The first-order valence-corrected chi connectivity index (χ1v) is 14.5. The van der Waals surface area contributed by atoms with Crippen molar-refractivity contribution in [1.82, 2.24) is 25.1 Å². The maximum Gasteiger partial charge on any atom is 0.228 e. The summed E-state index contributed by atoms with van der Waals surface area (Å²) in [4.78, 5) is 21.4. The van der Waals surface area contributed by atoms with Crippen LogP contribution in [0.5, 0.6) is 0 Å². The fourth-order valence-corrected chi connectivity index (χ4v) is 7.07. The van der Waals surface area contributed by atoms with E-state index < -0.39 is 0 Å². The Hall–Kier alpha value is -2.26. The van der Waals surface area contributed by atoms with Crippen LogP contribution < -0.4 is 15.1 Å². The van der Waals surface area contributed by atoms with Crippen LogP contribution in [0.2, 0.25) is 0 Å². The molecule has 192 valence electrons. The third-order valence-corrected chi connectivity index (χ3v) is 9.21. The van der Waals surface area contributed by atoms with Crippen molar-refractivity contribution in [3.05, 3.63) is 35.7 Å². The second kappa shape index (κ2) is 10.6. The molecular formula is C28H39N7S. The van der Waals surface area contributed by atoms with E-state index in [1.165, 1.54) is 55.4 Å². The third kappa shape index (κ3) is 4.96. The summed E-state index contributed by atoms with van der Waals surface area (Å²) in [6.45, 7) is 9.71. The third-order valence-electron chi connectivity index (χ3n) is 8.34. The highest BCUT2D eigenvalue weighted by molar-refractivity contribution is 7.17. The van der Waals surface area contributed by atoms with Crippen molar-refractivity contribution in [3.8, 4) is 11.1 Å². The molecule has 0 aliphatic carbocycles. The van der Waals surface area contributed by atoms with Crippen LogP contribution in [0, 0.1) is 5.92 Å². The van der Waals surface area contributed by atoms with Crippen molar-refractivity contribution in [1.29, 1.82) is 0 Å². The molecule has 1 unspecified atom stereocenters. The number of nitrogens with zero attached hydrogens (tertiary/aromatic N) is 6. The minimum atomic E-state index is 0.718. The van der Waals surface area contributed by atoms with Crippen molar-refractivity contribution in [3.63, 3.8) is 0 Å². The van der Waals surface area contributed by atoms with Crippen LogP contribution in [-0.2, 0) is 0 Å². The molecule has 3 aliphatic heterocycles. The normalized spacial score (nSPS) is 22.2. The summed E-state index contributed by atoms with van der Waals surface area (Å²) < 4.78 is 0. The highest BCUT2D eigenvalue weighted by atomic mass is 32.1. The predicted molar refractivity (Wildman–Crippen MR) is 151 cm³/mol. The molecule has 36 heavy (non-hydrogen) atoms. The monoisotopic (exact) mass is 505 g/mol. The molecule has 2 aromatic heterocycles. The maximum absolute atomic E-state index is 5.27. The summed E-state index contributed by atoms with van der Waals surface area (Å²) in [6.07, 6.45) is 3.76. The van der Waals surface area contributed by atoms with Gasteiger partial charge in [0.15, 0.2) is 0 Å². The molecule has 0 radical (unpaired) electrons. The van der Waals surface area contributed by atoms with Crippen LogP contribution in [0.4, 0.5) is 11.8 Å². The van der Waals surface area contributed by atoms with E-state index in [1.807, 2.05) is 0 Å². The number of aromatic nitrogens is 2. The fourth-order valence-electron chi connectivity index (χ4n) is 6.13. The first kappa shape index (κ1) is 24.1. The number of hydrogen-bond acceptors (Lipinski definition) is 8. The van der Waals surface area contributed by atoms with Crippen LogP contribution in [0.3, 0.4) is 0 Å². The van der Waals surface area contributed by atoms with E-state index in [4.69, 9.17) is 9.97 Å². The van der Waals surface area contributed by atoms with Gasteiger partial charge in [-0.1, -0.05) is 30.3 Å². The average molecular weight is 506 g/mol. The van der Waals surface area contributed by atoms with E-state index in [9.17, 15) is 0 Å². The minimum Gasteiger partial charge on any atom is -0.356 e. The van der Waals surface area contributed by atoms with Gasteiger partial charge in [-0.15, -0.1) is 11.3 Å².